The van der Waals surface area contributed by atoms with Crippen LogP contribution in [0.15, 0.2) is 0 Å². The van der Waals surface area contributed by atoms with Gasteiger partial charge in [0.1, 0.15) is 0 Å². The van der Waals surface area contributed by atoms with E-state index >= 15 is 0 Å². The van der Waals surface area contributed by atoms with Gasteiger partial charge >= 0.3 is 5.97 Å². The van der Waals surface area contributed by atoms with Crippen LogP contribution < -0.4 is 0 Å². The fraction of sp³-hybridized carbons (Fsp3) is 0.909. The molecule has 0 bridgehead atoms. The van der Waals surface area contributed by atoms with Crippen molar-refractivity contribution in [1.82, 2.24) is 4.90 Å². The standard InChI is InChI=1S/C11H21NO2/c1-3-10(4-2)12-6-5-9(8-12)7-11(13)14/h9-10H,3-8H2,1-2H3,(H,13,14). The molecule has 0 aromatic rings. The summed E-state index contributed by atoms with van der Waals surface area (Å²) in [7, 11) is 0. The van der Waals surface area contributed by atoms with Crippen molar-refractivity contribution >= 4 is 5.97 Å². The lowest BCUT2D eigenvalue weighted by Gasteiger charge is -2.25. The van der Waals surface area contributed by atoms with Crippen molar-refractivity contribution in [1.29, 1.82) is 0 Å². The molecule has 1 saturated heterocycles. The first kappa shape index (κ1) is 11.5. The van der Waals surface area contributed by atoms with E-state index in [4.69, 9.17) is 5.11 Å². The van der Waals surface area contributed by atoms with E-state index in [1.807, 2.05) is 0 Å². The first-order valence-electron chi connectivity index (χ1n) is 5.63. The second kappa shape index (κ2) is 5.35. The molecule has 1 unspecified atom stereocenters. The zero-order valence-corrected chi connectivity index (χ0v) is 9.20. The van der Waals surface area contributed by atoms with E-state index in [9.17, 15) is 4.79 Å². The first-order chi connectivity index (χ1) is 6.67. The predicted octanol–water partition coefficient (Wildman–Crippen LogP) is 1.97. The Bertz CT molecular complexity index is 190. The molecule has 1 fully saturated rings. The number of aliphatic carboxylic acids is 1. The van der Waals surface area contributed by atoms with Crippen LogP contribution in [0.1, 0.15) is 39.5 Å². The van der Waals surface area contributed by atoms with E-state index in [1.54, 1.807) is 0 Å². The average molecular weight is 199 g/mol. The molecule has 1 N–H and O–H groups in total. The lowest BCUT2D eigenvalue weighted by molar-refractivity contribution is -0.138. The van der Waals surface area contributed by atoms with E-state index in [1.165, 1.54) is 12.8 Å². The minimum absolute atomic E-state index is 0.344. The molecule has 0 radical (unpaired) electrons. The summed E-state index contributed by atoms with van der Waals surface area (Å²) < 4.78 is 0. The minimum atomic E-state index is -0.651. The van der Waals surface area contributed by atoms with Gasteiger partial charge in [0.2, 0.25) is 0 Å². The van der Waals surface area contributed by atoms with Crippen LogP contribution in [0.2, 0.25) is 0 Å². The van der Waals surface area contributed by atoms with Crippen LogP contribution in [0, 0.1) is 5.92 Å². The molecule has 0 amide bonds. The molecule has 82 valence electrons. The maximum atomic E-state index is 10.6. The molecule has 1 rings (SSSR count). The van der Waals surface area contributed by atoms with Gasteiger partial charge in [-0.25, -0.2) is 0 Å². The number of carboxylic acids is 1. The molecule has 0 aromatic carbocycles. The zero-order chi connectivity index (χ0) is 10.6. The van der Waals surface area contributed by atoms with Gasteiger partial charge in [-0.15, -0.1) is 0 Å². The number of hydrogen-bond acceptors (Lipinski definition) is 2. The fourth-order valence-electron chi connectivity index (χ4n) is 2.41. The topological polar surface area (TPSA) is 40.5 Å². The third-order valence-electron chi connectivity index (χ3n) is 3.24. The molecule has 0 saturated carbocycles. The van der Waals surface area contributed by atoms with E-state index < -0.39 is 5.97 Å². The SMILES string of the molecule is CCC(CC)N1CCC(CC(=O)O)C1. The van der Waals surface area contributed by atoms with Crippen molar-refractivity contribution in [2.45, 2.75) is 45.6 Å². The Morgan fingerprint density at radius 1 is 1.50 bits per heavy atom. The Morgan fingerprint density at radius 2 is 2.14 bits per heavy atom. The van der Waals surface area contributed by atoms with Crippen LogP contribution in [0.5, 0.6) is 0 Å². The molecular formula is C11H21NO2. The van der Waals surface area contributed by atoms with Gasteiger partial charge in [-0.1, -0.05) is 13.8 Å². The maximum Gasteiger partial charge on any atom is 0.303 e. The number of nitrogens with zero attached hydrogens (tertiary/aromatic N) is 1. The Kier molecular flexibility index (Phi) is 4.39. The quantitative estimate of drug-likeness (QED) is 0.736. The Balaban J connectivity index is 2.36. The lowest BCUT2D eigenvalue weighted by Crippen LogP contribution is -2.32. The van der Waals surface area contributed by atoms with Gasteiger partial charge < -0.3 is 10.0 Å². The predicted molar refractivity (Wildman–Crippen MR) is 56.3 cm³/mol. The van der Waals surface area contributed by atoms with Crippen LogP contribution in [-0.4, -0.2) is 35.1 Å². The van der Waals surface area contributed by atoms with E-state index in [-0.39, 0.29) is 0 Å². The third-order valence-corrected chi connectivity index (χ3v) is 3.24. The highest BCUT2D eigenvalue weighted by Crippen LogP contribution is 2.23. The van der Waals surface area contributed by atoms with Gasteiger partial charge in [-0.3, -0.25) is 4.79 Å². The summed E-state index contributed by atoms with van der Waals surface area (Å²) in [6.45, 7) is 6.49. The highest BCUT2D eigenvalue weighted by atomic mass is 16.4. The fourth-order valence-corrected chi connectivity index (χ4v) is 2.41. The normalized spacial score (nSPS) is 23.2. The summed E-state index contributed by atoms with van der Waals surface area (Å²) in [5.74, 6) is -0.269. The number of carbonyl (C=O) groups is 1. The number of likely N-dealkylation sites (tertiary alicyclic amines) is 1. The van der Waals surface area contributed by atoms with Gasteiger partial charge in [-0.2, -0.15) is 0 Å². The van der Waals surface area contributed by atoms with Crippen molar-refractivity contribution in [3.8, 4) is 0 Å². The zero-order valence-electron chi connectivity index (χ0n) is 9.20. The molecular weight excluding hydrogens is 178 g/mol. The molecule has 0 aromatic heterocycles. The van der Waals surface area contributed by atoms with Crippen molar-refractivity contribution in [2.75, 3.05) is 13.1 Å². The van der Waals surface area contributed by atoms with Crippen LogP contribution in [0.25, 0.3) is 0 Å². The van der Waals surface area contributed by atoms with E-state index in [0.29, 0.717) is 18.4 Å². The minimum Gasteiger partial charge on any atom is -0.481 e. The van der Waals surface area contributed by atoms with Crippen molar-refractivity contribution in [3.05, 3.63) is 0 Å². The molecule has 0 spiro atoms. The van der Waals surface area contributed by atoms with Crippen molar-refractivity contribution in [3.63, 3.8) is 0 Å². The second-order valence-electron chi connectivity index (χ2n) is 4.22. The number of carboxylic acid groups (broad SMARTS) is 1. The van der Waals surface area contributed by atoms with Gasteiger partial charge in [0.15, 0.2) is 0 Å². The summed E-state index contributed by atoms with van der Waals surface area (Å²) in [6.07, 6.45) is 3.76. The Morgan fingerprint density at radius 3 is 2.64 bits per heavy atom. The summed E-state index contributed by atoms with van der Waals surface area (Å²) in [5.41, 5.74) is 0. The van der Waals surface area contributed by atoms with Crippen LogP contribution in [0.3, 0.4) is 0 Å². The third kappa shape index (κ3) is 2.98. The van der Waals surface area contributed by atoms with E-state index in [2.05, 4.69) is 18.7 Å². The largest absolute Gasteiger partial charge is 0.481 e. The monoisotopic (exact) mass is 199 g/mol. The Labute approximate surface area is 86.1 Å². The summed E-state index contributed by atoms with van der Waals surface area (Å²) in [4.78, 5) is 13.0. The Hall–Kier alpha value is -0.570. The van der Waals surface area contributed by atoms with Crippen LogP contribution in [-0.2, 0) is 4.79 Å². The van der Waals surface area contributed by atoms with Gasteiger partial charge in [0, 0.05) is 19.0 Å². The van der Waals surface area contributed by atoms with Gasteiger partial charge in [-0.05, 0) is 31.7 Å². The smallest absolute Gasteiger partial charge is 0.303 e. The summed E-state index contributed by atoms with van der Waals surface area (Å²) in [5, 5.41) is 8.69. The van der Waals surface area contributed by atoms with Crippen molar-refractivity contribution < 1.29 is 9.90 Å². The molecule has 14 heavy (non-hydrogen) atoms. The lowest BCUT2D eigenvalue weighted by atomic mass is 10.1. The number of hydrogen-bond donors (Lipinski definition) is 1. The molecule has 1 heterocycles. The van der Waals surface area contributed by atoms with Gasteiger partial charge in [0.25, 0.3) is 0 Å². The van der Waals surface area contributed by atoms with Crippen LogP contribution >= 0.6 is 0 Å². The molecule has 3 heteroatoms. The number of rotatable bonds is 5. The highest BCUT2D eigenvalue weighted by Gasteiger charge is 2.27. The summed E-state index contributed by atoms with van der Waals surface area (Å²) in [6, 6.07) is 0.661. The molecule has 3 nitrogen and oxygen atoms in total. The first-order valence-corrected chi connectivity index (χ1v) is 5.63. The molecule has 0 aliphatic carbocycles. The molecule has 1 atom stereocenters. The van der Waals surface area contributed by atoms with Gasteiger partial charge in [0.05, 0.1) is 0 Å². The second-order valence-corrected chi connectivity index (χ2v) is 4.22. The van der Waals surface area contributed by atoms with Crippen molar-refractivity contribution in [2.24, 2.45) is 5.92 Å². The maximum absolute atomic E-state index is 10.6. The molecule has 1 aliphatic rings. The molecule has 1 aliphatic heterocycles. The highest BCUT2D eigenvalue weighted by molar-refractivity contribution is 5.67. The summed E-state index contributed by atoms with van der Waals surface area (Å²) >= 11 is 0. The van der Waals surface area contributed by atoms with E-state index in [0.717, 1.165) is 19.5 Å². The average Bonchev–Trinajstić information content (AvgIpc) is 2.54. The van der Waals surface area contributed by atoms with Crippen LogP contribution in [0.4, 0.5) is 0 Å².